The molecular formula is C31H35ClN4O8S. The van der Waals surface area contributed by atoms with Crippen molar-refractivity contribution in [1.82, 2.24) is 14.5 Å². The number of nitrogens with two attached hydrogens (primary N) is 1. The van der Waals surface area contributed by atoms with Crippen LogP contribution >= 0.6 is 11.6 Å². The molecule has 14 heteroatoms. The fraction of sp³-hybridized carbons (Fsp3) is 0.355. The highest BCUT2D eigenvalue weighted by molar-refractivity contribution is 7.89. The number of fused-ring (bicyclic) bond motifs is 1. The second-order valence-corrected chi connectivity index (χ2v) is 12.8. The molecule has 1 fully saturated rings. The lowest BCUT2D eigenvalue weighted by Gasteiger charge is -2.41. The molecule has 3 aromatic carbocycles. The number of methoxy groups -OCH3 is 1. The molecule has 1 saturated heterocycles. The van der Waals surface area contributed by atoms with Crippen molar-refractivity contribution in [2.45, 2.75) is 49.3 Å². The molecule has 0 bridgehead atoms. The van der Waals surface area contributed by atoms with E-state index in [2.05, 4.69) is 4.72 Å². The summed E-state index contributed by atoms with van der Waals surface area (Å²) in [5.41, 5.74) is 3.70. The van der Waals surface area contributed by atoms with Crippen molar-refractivity contribution in [3.05, 3.63) is 77.3 Å². The van der Waals surface area contributed by atoms with Gasteiger partial charge in [0.1, 0.15) is 6.42 Å². The molecule has 45 heavy (non-hydrogen) atoms. The lowest BCUT2D eigenvalue weighted by atomic mass is 10.0. The van der Waals surface area contributed by atoms with Crippen LogP contribution in [0.25, 0.3) is 10.8 Å². The van der Waals surface area contributed by atoms with Gasteiger partial charge in [-0.25, -0.2) is 17.9 Å². The van der Waals surface area contributed by atoms with E-state index in [0.717, 1.165) is 29.2 Å². The summed E-state index contributed by atoms with van der Waals surface area (Å²) < 4.78 is 39.1. The van der Waals surface area contributed by atoms with Crippen LogP contribution in [-0.4, -0.2) is 74.6 Å². The van der Waals surface area contributed by atoms with Crippen molar-refractivity contribution in [2.75, 3.05) is 26.7 Å². The number of primary amides is 1. The molecule has 0 radical (unpaired) electrons. The molecule has 0 aromatic heterocycles. The number of benzene rings is 3. The summed E-state index contributed by atoms with van der Waals surface area (Å²) in [6, 6.07) is 18.2. The number of nitrogens with zero attached hydrogens (tertiary/aromatic N) is 2. The van der Waals surface area contributed by atoms with Crippen LogP contribution in [0.3, 0.4) is 0 Å². The molecule has 0 aliphatic carbocycles. The number of ether oxygens (including phenoxy) is 2. The first-order chi connectivity index (χ1) is 21.4. The van der Waals surface area contributed by atoms with Gasteiger partial charge in [-0.3, -0.25) is 19.3 Å². The van der Waals surface area contributed by atoms with Gasteiger partial charge in [0, 0.05) is 37.6 Å². The predicted molar refractivity (Wildman–Crippen MR) is 166 cm³/mol. The predicted octanol–water partition coefficient (Wildman–Crippen LogP) is 3.56. The summed E-state index contributed by atoms with van der Waals surface area (Å²) in [5.74, 6) is -3.07. The summed E-state index contributed by atoms with van der Waals surface area (Å²) in [6.07, 6.45) is 0.0333. The minimum atomic E-state index is -4.04. The second-order valence-electron chi connectivity index (χ2n) is 10.6. The zero-order chi connectivity index (χ0) is 32.6. The summed E-state index contributed by atoms with van der Waals surface area (Å²) in [6.45, 7) is 0.0000533. The first-order valence-electron chi connectivity index (χ1n) is 14.3. The first kappa shape index (κ1) is 33.7. The third-order valence-electron chi connectivity index (χ3n) is 7.52. The number of halogens is 1. The van der Waals surface area contributed by atoms with Crippen LogP contribution in [0.2, 0.25) is 5.02 Å². The van der Waals surface area contributed by atoms with Crippen molar-refractivity contribution in [1.29, 1.82) is 0 Å². The maximum atomic E-state index is 13.9. The Bertz CT molecular complexity index is 1660. The van der Waals surface area contributed by atoms with E-state index in [0.29, 0.717) is 36.5 Å². The van der Waals surface area contributed by atoms with E-state index in [9.17, 15) is 27.6 Å². The molecule has 4 rings (SSSR count). The van der Waals surface area contributed by atoms with Crippen molar-refractivity contribution in [2.24, 2.45) is 5.73 Å². The maximum absolute atomic E-state index is 13.9. The third-order valence-corrected chi connectivity index (χ3v) is 9.23. The van der Waals surface area contributed by atoms with Crippen molar-refractivity contribution in [3.8, 4) is 0 Å². The van der Waals surface area contributed by atoms with Crippen LogP contribution < -0.4 is 10.5 Å². The minimum Gasteiger partial charge on any atom is -0.469 e. The molecule has 1 heterocycles. The molecule has 3 aromatic rings. The van der Waals surface area contributed by atoms with Crippen LogP contribution in [0.1, 0.15) is 37.7 Å². The highest BCUT2D eigenvalue weighted by Gasteiger charge is 2.52. The van der Waals surface area contributed by atoms with E-state index in [4.69, 9.17) is 26.8 Å². The molecule has 1 atom stereocenters. The molecule has 1 aliphatic heterocycles. The molecule has 0 saturated carbocycles. The van der Waals surface area contributed by atoms with Gasteiger partial charge in [0.05, 0.1) is 12.0 Å². The summed E-state index contributed by atoms with van der Waals surface area (Å²) in [4.78, 5) is 55.3. The Balaban J connectivity index is 1.63. The largest absolute Gasteiger partial charge is 0.469 e. The standard InChI is InChI=1S/C31H35ClN4O8S/c1-43-28(38)20-31(29(33)39,44-30(40)35-17-5-2-6-18-35)36(21-22-9-12-25(32)13-10-22)27(37)15-16-34-45(41,42)26-14-11-23-7-3-4-8-24(23)19-26/h3-4,7-14,19,34H,2,5-6,15-18,20-21H2,1H3,(H2,33,39). The molecule has 3 N–H and O–H groups in total. The quantitative estimate of drug-likeness (QED) is 0.220. The number of nitrogens with one attached hydrogen (secondary N) is 1. The second kappa shape index (κ2) is 14.7. The molecule has 3 amide bonds. The zero-order valence-electron chi connectivity index (χ0n) is 24.7. The lowest BCUT2D eigenvalue weighted by Crippen LogP contribution is -2.64. The van der Waals surface area contributed by atoms with Gasteiger partial charge in [0.25, 0.3) is 11.6 Å². The van der Waals surface area contributed by atoms with E-state index in [1.54, 1.807) is 42.5 Å². The van der Waals surface area contributed by atoms with Crippen LogP contribution in [0.5, 0.6) is 0 Å². The Labute approximate surface area is 266 Å². The fourth-order valence-corrected chi connectivity index (χ4v) is 6.24. The Hall–Kier alpha value is -4.20. The van der Waals surface area contributed by atoms with Crippen molar-refractivity contribution in [3.63, 3.8) is 0 Å². The normalized spacial score (nSPS) is 14.8. The van der Waals surface area contributed by atoms with Gasteiger partial charge in [-0.05, 0) is 59.9 Å². The number of esters is 1. The van der Waals surface area contributed by atoms with Crippen LogP contribution in [0, 0.1) is 0 Å². The monoisotopic (exact) mass is 658 g/mol. The average Bonchev–Trinajstić information content (AvgIpc) is 3.03. The highest BCUT2D eigenvalue weighted by Crippen LogP contribution is 2.29. The van der Waals surface area contributed by atoms with Gasteiger partial charge in [-0.15, -0.1) is 0 Å². The van der Waals surface area contributed by atoms with E-state index in [1.165, 1.54) is 17.0 Å². The molecule has 1 aliphatic rings. The fourth-order valence-electron chi connectivity index (χ4n) is 5.05. The number of amides is 3. The van der Waals surface area contributed by atoms with E-state index in [-0.39, 0.29) is 18.0 Å². The Morgan fingerprint density at radius 2 is 1.64 bits per heavy atom. The number of rotatable bonds is 12. The molecule has 12 nitrogen and oxygen atoms in total. The van der Waals surface area contributed by atoms with Crippen LogP contribution in [0.4, 0.5) is 4.79 Å². The number of hydrogen-bond donors (Lipinski definition) is 2. The number of carbonyl (C=O) groups excluding carboxylic acids is 4. The van der Waals surface area contributed by atoms with Gasteiger partial charge in [-0.1, -0.05) is 54.1 Å². The summed E-state index contributed by atoms with van der Waals surface area (Å²) >= 11 is 6.03. The van der Waals surface area contributed by atoms with Gasteiger partial charge in [0.2, 0.25) is 15.9 Å². The first-order valence-corrected chi connectivity index (χ1v) is 16.2. The van der Waals surface area contributed by atoms with Crippen LogP contribution in [0.15, 0.2) is 71.6 Å². The molecular weight excluding hydrogens is 624 g/mol. The smallest absolute Gasteiger partial charge is 0.412 e. The van der Waals surface area contributed by atoms with Crippen molar-refractivity contribution < 1.29 is 37.1 Å². The summed E-state index contributed by atoms with van der Waals surface area (Å²) in [7, 11) is -2.96. The Morgan fingerprint density at radius 1 is 0.978 bits per heavy atom. The number of sulfonamides is 1. The van der Waals surface area contributed by atoms with Gasteiger partial charge < -0.3 is 20.1 Å². The summed E-state index contributed by atoms with van der Waals surface area (Å²) in [5, 5.41) is 1.99. The lowest BCUT2D eigenvalue weighted by molar-refractivity contribution is -0.183. The SMILES string of the molecule is COC(=O)CC(OC(=O)N1CCCCC1)(C(N)=O)N(Cc1ccc(Cl)cc1)C(=O)CCNS(=O)(=O)c1ccc2ccccc2c1. The average molecular weight is 659 g/mol. The van der Waals surface area contributed by atoms with E-state index in [1.807, 2.05) is 12.1 Å². The molecule has 0 spiro atoms. The number of piperidine rings is 1. The molecule has 1 unspecified atom stereocenters. The van der Waals surface area contributed by atoms with Gasteiger partial charge in [-0.2, -0.15) is 0 Å². The number of carbonyl (C=O) groups is 4. The maximum Gasteiger partial charge on any atom is 0.412 e. The van der Waals surface area contributed by atoms with Gasteiger partial charge in [0.15, 0.2) is 0 Å². The minimum absolute atomic E-state index is 0.000644. The third kappa shape index (κ3) is 8.29. The van der Waals surface area contributed by atoms with Crippen LogP contribution in [-0.2, 0) is 40.4 Å². The zero-order valence-corrected chi connectivity index (χ0v) is 26.3. The van der Waals surface area contributed by atoms with Crippen molar-refractivity contribution >= 4 is 56.3 Å². The topological polar surface area (TPSA) is 165 Å². The number of hydrogen-bond acceptors (Lipinski definition) is 8. The Kier molecular flexibility index (Phi) is 11.0. The van der Waals surface area contributed by atoms with Gasteiger partial charge >= 0.3 is 12.1 Å². The van der Waals surface area contributed by atoms with E-state index < -0.39 is 52.5 Å². The Morgan fingerprint density at radius 3 is 2.29 bits per heavy atom. The number of likely N-dealkylation sites (tertiary alicyclic amines) is 1. The van der Waals surface area contributed by atoms with E-state index >= 15 is 0 Å². The highest BCUT2D eigenvalue weighted by atomic mass is 35.5. The molecule has 240 valence electrons.